The van der Waals surface area contributed by atoms with E-state index in [-0.39, 0.29) is 30.3 Å². The van der Waals surface area contributed by atoms with Crippen LogP contribution in [0.25, 0.3) is 0 Å². The van der Waals surface area contributed by atoms with Gasteiger partial charge in [0.05, 0.1) is 5.92 Å². The molecule has 0 aliphatic carbocycles. The Kier molecular flexibility index (Phi) is 8.57. The van der Waals surface area contributed by atoms with E-state index >= 15 is 0 Å². The zero-order chi connectivity index (χ0) is 16.8. The number of hydrogen-bond donors (Lipinski definition) is 2. The first kappa shape index (κ1) is 20.8. The summed E-state index contributed by atoms with van der Waals surface area (Å²) in [5.74, 6) is -0.371. The van der Waals surface area contributed by atoms with Gasteiger partial charge in [-0.3, -0.25) is 4.79 Å². The molecule has 0 fully saturated rings. The molecule has 0 spiro atoms. The molecule has 2 aromatic carbocycles. The Labute approximate surface area is 158 Å². The van der Waals surface area contributed by atoms with Gasteiger partial charge in [0, 0.05) is 22.6 Å². The average Bonchev–Trinajstić information content (AvgIpc) is 2.56. The van der Waals surface area contributed by atoms with Crippen molar-refractivity contribution in [2.45, 2.75) is 19.4 Å². The Hall–Kier alpha value is -1.26. The SMILES string of the molecule is CC(C(=O)NCCc1ccc(Cl)cc1Cl)C(N)c1ccccc1.Cl. The number of nitrogens with one attached hydrogen (secondary N) is 1. The van der Waals surface area contributed by atoms with Crippen molar-refractivity contribution < 1.29 is 4.79 Å². The first-order chi connectivity index (χ1) is 11.0. The maximum absolute atomic E-state index is 12.2. The highest BCUT2D eigenvalue weighted by Gasteiger charge is 2.21. The second-order valence-electron chi connectivity index (χ2n) is 5.50. The lowest BCUT2D eigenvalue weighted by Gasteiger charge is -2.20. The van der Waals surface area contributed by atoms with Crippen molar-refractivity contribution >= 4 is 41.5 Å². The van der Waals surface area contributed by atoms with E-state index in [1.165, 1.54) is 0 Å². The number of benzene rings is 2. The minimum atomic E-state index is -0.324. The Morgan fingerprint density at radius 1 is 1.17 bits per heavy atom. The summed E-state index contributed by atoms with van der Waals surface area (Å²) < 4.78 is 0. The van der Waals surface area contributed by atoms with Crippen LogP contribution in [0.3, 0.4) is 0 Å². The maximum Gasteiger partial charge on any atom is 0.224 e. The van der Waals surface area contributed by atoms with Gasteiger partial charge in [-0.15, -0.1) is 12.4 Å². The Balaban J connectivity index is 0.00000288. The van der Waals surface area contributed by atoms with Crippen molar-refractivity contribution in [2.24, 2.45) is 11.7 Å². The molecule has 0 heterocycles. The highest BCUT2D eigenvalue weighted by Crippen LogP contribution is 2.21. The molecule has 3 N–H and O–H groups in total. The predicted octanol–water partition coefficient (Wildman–Crippen LogP) is 4.41. The molecular weight excluding hydrogens is 367 g/mol. The lowest BCUT2D eigenvalue weighted by Crippen LogP contribution is -2.36. The summed E-state index contributed by atoms with van der Waals surface area (Å²) in [5, 5.41) is 4.13. The molecular formula is C18H21Cl3N2O. The van der Waals surface area contributed by atoms with Crippen LogP contribution in [0, 0.1) is 5.92 Å². The Morgan fingerprint density at radius 2 is 1.83 bits per heavy atom. The van der Waals surface area contributed by atoms with Crippen molar-refractivity contribution in [3.05, 3.63) is 69.7 Å². The number of halogens is 3. The highest BCUT2D eigenvalue weighted by molar-refractivity contribution is 6.35. The topological polar surface area (TPSA) is 55.1 Å². The second-order valence-corrected chi connectivity index (χ2v) is 6.35. The van der Waals surface area contributed by atoms with Crippen LogP contribution in [0.1, 0.15) is 24.1 Å². The van der Waals surface area contributed by atoms with Gasteiger partial charge >= 0.3 is 0 Å². The van der Waals surface area contributed by atoms with E-state index in [1.54, 1.807) is 12.1 Å². The number of amides is 1. The fraction of sp³-hybridized carbons (Fsp3) is 0.278. The number of rotatable bonds is 6. The zero-order valence-corrected chi connectivity index (χ0v) is 15.7. The number of carbonyl (C=O) groups excluding carboxylic acids is 1. The first-order valence-electron chi connectivity index (χ1n) is 7.51. The third-order valence-corrected chi connectivity index (χ3v) is 4.43. The van der Waals surface area contributed by atoms with Gasteiger partial charge in [-0.05, 0) is 29.7 Å². The molecule has 0 saturated heterocycles. The molecule has 3 nitrogen and oxygen atoms in total. The van der Waals surface area contributed by atoms with Crippen LogP contribution in [-0.4, -0.2) is 12.5 Å². The number of carbonyl (C=O) groups is 1. The molecule has 6 heteroatoms. The van der Waals surface area contributed by atoms with E-state index in [9.17, 15) is 4.79 Å². The Bertz CT molecular complexity index is 665. The minimum Gasteiger partial charge on any atom is -0.355 e. The van der Waals surface area contributed by atoms with Crippen LogP contribution in [0.5, 0.6) is 0 Å². The standard InChI is InChI=1S/C18H20Cl2N2O.ClH/c1-12(17(21)14-5-3-2-4-6-14)18(23)22-10-9-13-7-8-15(19)11-16(13)20;/h2-8,11-12,17H,9-10,21H2,1H3,(H,22,23);1H. The molecule has 0 saturated carbocycles. The normalized spacial score (nSPS) is 12.8. The first-order valence-corrected chi connectivity index (χ1v) is 8.27. The predicted molar refractivity (Wildman–Crippen MR) is 103 cm³/mol. The highest BCUT2D eigenvalue weighted by atomic mass is 35.5. The van der Waals surface area contributed by atoms with Gasteiger partial charge in [-0.25, -0.2) is 0 Å². The van der Waals surface area contributed by atoms with E-state index in [2.05, 4.69) is 5.32 Å². The molecule has 1 amide bonds. The summed E-state index contributed by atoms with van der Waals surface area (Å²) in [4.78, 5) is 12.2. The summed E-state index contributed by atoms with van der Waals surface area (Å²) in [6.45, 7) is 2.34. The van der Waals surface area contributed by atoms with E-state index in [0.717, 1.165) is 11.1 Å². The molecule has 0 bridgehead atoms. The molecule has 130 valence electrons. The van der Waals surface area contributed by atoms with Crippen LogP contribution in [0.4, 0.5) is 0 Å². The van der Waals surface area contributed by atoms with Crippen LogP contribution in [0.2, 0.25) is 10.0 Å². The summed E-state index contributed by atoms with van der Waals surface area (Å²) >= 11 is 12.0. The van der Waals surface area contributed by atoms with E-state index in [0.29, 0.717) is 23.0 Å². The fourth-order valence-corrected chi connectivity index (χ4v) is 2.84. The molecule has 2 aromatic rings. The third-order valence-electron chi connectivity index (χ3n) is 3.85. The van der Waals surface area contributed by atoms with Crippen LogP contribution in [0.15, 0.2) is 48.5 Å². The monoisotopic (exact) mass is 386 g/mol. The minimum absolute atomic E-state index is 0. The number of hydrogen-bond acceptors (Lipinski definition) is 2. The molecule has 0 radical (unpaired) electrons. The van der Waals surface area contributed by atoms with Crippen molar-refractivity contribution in [2.75, 3.05) is 6.54 Å². The van der Waals surface area contributed by atoms with Crippen LogP contribution < -0.4 is 11.1 Å². The quantitative estimate of drug-likeness (QED) is 0.771. The third kappa shape index (κ3) is 5.67. The molecule has 2 rings (SSSR count). The molecule has 0 aliphatic rings. The number of nitrogens with two attached hydrogens (primary N) is 1. The van der Waals surface area contributed by atoms with Gasteiger partial charge in [0.15, 0.2) is 0 Å². The second kappa shape index (κ2) is 9.90. The Morgan fingerprint density at radius 3 is 2.46 bits per heavy atom. The molecule has 0 aromatic heterocycles. The van der Waals surface area contributed by atoms with Crippen molar-refractivity contribution in [3.63, 3.8) is 0 Å². The van der Waals surface area contributed by atoms with E-state index < -0.39 is 0 Å². The summed E-state index contributed by atoms with van der Waals surface area (Å²) in [7, 11) is 0. The summed E-state index contributed by atoms with van der Waals surface area (Å²) in [5.41, 5.74) is 8.08. The smallest absolute Gasteiger partial charge is 0.224 e. The van der Waals surface area contributed by atoms with Gasteiger partial charge in [0.2, 0.25) is 5.91 Å². The molecule has 0 aliphatic heterocycles. The molecule has 2 unspecified atom stereocenters. The van der Waals surface area contributed by atoms with Crippen molar-refractivity contribution in [3.8, 4) is 0 Å². The van der Waals surface area contributed by atoms with Gasteiger partial charge in [-0.2, -0.15) is 0 Å². The van der Waals surface area contributed by atoms with E-state index in [1.807, 2.05) is 43.3 Å². The van der Waals surface area contributed by atoms with Crippen LogP contribution >= 0.6 is 35.6 Å². The van der Waals surface area contributed by atoms with E-state index in [4.69, 9.17) is 28.9 Å². The maximum atomic E-state index is 12.2. The fourth-order valence-electron chi connectivity index (χ4n) is 2.33. The lowest BCUT2D eigenvalue weighted by molar-refractivity contribution is -0.125. The molecule has 24 heavy (non-hydrogen) atoms. The van der Waals surface area contributed by atoms with Crippen LogP contribution in [-0.2, 0) is 11.2 Å². The van der Waals surface area contributed by atoms with Crippen molar-refractivity contribution in [1.82, 2.24) is 5.32 Å². The lowest BCUT2D eigenvalue weighted by atomic mass is 9.94. The zero-order valence-electron chi connectivity index (χ0n) is 13.3. The average molecular weight is 388 g/mol. The van der Waals surface area contributed by atoms with Crippen molar-refractivity contribution in [1.29, 1.82) is 0 Å². The van der Waals surface area contributed by atoms with Gasteiger partial charge < -0.3 is 11.1 Å². The van der Waals surface area contributed by atoms with Gasteiger partial charge in [0.25, 0.3) is 0 Å². The largest absolute Gasteiger partial charge is 0.355 e. The molecule has 2 atom stereocenters. The summed E-state index contributed by atoms with van der Waals surface area (Å²) in [6.07, 6.45) is 0.648. The summed E-state index contributed by atoms with van der Waals surface area (Å²) in [6, 6.07) is 14.7. The van der Waals surface area contributed by atoms with Gasteiger partial charge in [-0.1, -0.05) is 66.5 Å². The van der Waals surface area contributed by atoms with Gasteiger partial charge in [0.1, 0.15) is 0 Å².